The zero-order valence-electron chi connectivity index (χ0n) is 8.08. The minimum atomic E-state index is -0.0319. The van der Waals surface area contributed by atoms with E-state index < -0.39 is 0 Å². The molecule has 0 radical (unpaired) electrons. The Kier molecular flexibility index (Phi) is 2.15. The Morgan fingerprint density at radius 2 is 2.20 bits per heavy atom. The first kappa shape index (κ1) is 9.30. The molecule has 15 heavy (non-hydrogen) atoms. The Bertz CT molecular complexity index is 623. The molecule has 2 aromatic rings. The van der Waals surface area contributed by atoms with Gasteiger partial charge in [0.1, 0.15) is 0 Å². The number of nitrogens with zero attached hydrogens (tertiary/aromatic N) is 4. The molecule has 5 nitrogen and oxygen atoms in total. The van der Waals surface area contributed by atoms with E-state index in [0.717, 1.165) is 5.52 Å². The monoisotopic (exact) mass is 200 g/mol. The lowest BCUT2D eigenvalue weighted by Gasteiger charge is -2.04. The summed E-state index contributed by atoms with van der Waals surface area (Å²) in [6.45, 7) is 0. The molecular weight excluding hydrogens is 192 g/mol. The van der Waals surface area contributed by atoms with E-state index in [2.05, 4.69) is 10.0 Å². The van der Waals surface area contributed by atoms with E-state index in [1.54, 1.807) is 24.4 Å². The summed E-state index contributed by atoms with van der Waals surface area (Å²) in [5, 5.41) is 4.11. The zero-order valence-corrected chi connectivity index (χ0v) is 8.08. The van der Waals surface area contributed by atoms with Gasteiger partial charge in [-0.15, -0.1) is 0 Å². The number of hydrogen-bond donors (Lipinski definition) is 0. The lowest BCUT2D eigenvalue weighted by atomic mass is 10.2. The van der Waals surface area contributed by atoms with Gasteiger partial charge in [-0.2, -0.15) is 0 Å². The van der Waals surface area contributed by atoms with Gasteiger partial charge < -0.3 is 4.57 Å². The summed E-state index contributed by atoms with van der Waals surface area (Å²) >= 11 is 0. The van der Waals surface area contributed by atoms with Crippen molar-refractivity contribution >= 4 is 16.6 Å². The molecule has 5 heteroatoms. The molecule has 2 rings (SSSR count). The van der Waals surface area contributed by atoms with Crippen molar-refractivity contribution in [3.63, 3.8) is 0 Å². The molecule has 0 unspecified atom stereocenters. The summed E-state index contributed by atoms with van der Waals surface area (Å²) in [7, 11) is 1.83. The van der Waals surface area contributed by atoms with Gasteiger partial charge in [0, 0.05) is 35.3 Å². The van der Waals surface area contributed by atoms with E-state index >= 15 is 0 Å². The van der Waals surface area contributed by atoms with Crippen LogP contribution in [0.5, 0.6) is 0 Å². The Morgan fingerprint density at radius 3 is 2.93 bits per heavy atom. The quantitative estimate of drug-likeness (QED) is 0.396. The number of azide groups is 1. The fourth-order valence-electron chi connectivity index (χ4n) is 1.48. The van der Waals surface area contributed by atoms with Crippen LogP contribution in [0, 0.1) is 0 Å². The zero-order chi connectivity index (χ0) is 10.8. The second-order valence-corrected chi connectivity index (χ2v) is 3.18. The first-order valence-electron chi connectivity index (χ1n) is 4.37. The standard InChI is InChI=1S/C10H8N4O/c1-14-5-4-10(15)8-3-2-7(12-13-11)6-9(8)14/h2-6H,1H3. The van der Waals surface area contributed by atoms with Gasteiger partial charge in [0.05, 0.1) is 5.52 Å². The van der Waals surface area contributed by atoms with Crippen molar-refractivity contribution in [3.05, 3.63) is 51.1 Å². The van der Waals surface area contributed by atoms with Gasteiger partial charge in [-0.1, -0.05) is 11.2 Å². The Labute approximate surface area is 85.2 Å². The van der Waals surface area contributed by atoms with Crippen LogP contribution >= 0.6 is 0 Å². The molecule has 1 aromatic carbocycles. The number of pyridine rings is 1. The lowest BCUT2D eigenvalue weighted by molar-refractivity contribution is 0.950. The number of hydrogen-bond acceptors (Lipinski definition) is 2. The fourth-order valence-corrected chi connectivity index (χ4v) is 1.48. The molecule has 74 valence electrons. The van der Waals surface area contributed by atoms with E-state index in [1.165, 1.54) is 6.07 Å². The van der Waals surface area contributed by atoms with Crippen molar-refractivity contribution < 1.29 is 0 Å². The van der Waals surface area contributed by atoms with Crippen LogP contribution in [-0.4, -0.2) is 4.57 Å². The third-order valence-corrected chi connectivity index (χ3v) is 2.24. The molecular formula is C10H8N4O. The van der Waals surface area contributed by atoms with Gasteiger partial charge >= 0.3 is 0 Å². The van der Waals surface area contributed by atoms with Gasteiger partial charge in [-0.3, -0.25) is 4.79 Å². The minimum absolute atomic E-state index is 0.0319. The average Bonchev–Trinajstić information content (AvgIpc) is 2.24. The summed E-state index contributed by atoms with van der Waals surface area (Å²) in [6, 6.07) is 6.50. The highest BCUT2D eigenvalue weighted by molar-refractivity contribution is 5.81. The van der Waals surface area contributed by atoms with E-state index in [-0.39, 0.29) is 5.43 Å². The molecule has 0 saturated carbocycles. The first-order valence-corrected chi connectivity index (χ1v) is 4.37. The summed E-state index contributed by atoms with van der Waals surface area (Å²) in [5.41, 5.74) is 9.54. The van der Waals surface area contributed by atoms with E-state index in [4.69, 9.17) is 5.53 Å². The van der Waals surface area contributed by atoms with Crippen molar-refractivity contribution in [2.45, 2.75) is 0 Å². The van der Waals surface area contributed by atoms with Crippen LogP contribution < -0.4 is 5.43 Å². The fraction of sp³-hybridized carbons (Fsp3) is 0.100. The number of aromatic nitrogens is 1. The van der Waals surface area contributed by atoms with Gasteiger partial charge in [-0.05, 0) is 17.7 Å². The molecule has 1 aromatic heterocycles. The Morgan fingerprint density at radius 1 is 1.40 bits per heavy atom. The number of fused-ring (bicyclic) bond motifs is 1. The molecule has 0 aliphatic rings. The maximum Gasteiger partial charge on any atom is 0.189 e. The molecule has 0 saturated heterocycles. The second-order valence-electron chi connectivity index (χ2n) is 3.18. The molecule has 0 atom stereocenters. The Balaban J connectivity index is 2.87. The predicted molar refractivity (Wildman–Crippen MR) is 58.0 cm³/mol. The van der Waals surface area contributed by atoms with Crippen LogP contribution in [0.3, 0.4) is 0 Å². The van der Waals surface area contributed by atoms with Crippen LogP contribution in [0.25, 0.3) is 21.3 Å². The summed E-state index contributed by atoms with van der Waals surface area (Å²) < 4.78 is 1.81. The van der Waals surface area contributed by atoms with Gasteiger partial charge in [0.15, 0.2) is 5.43 Å². The molecule has 0 aliphatic carbocycles. The topological polar surface area (TPSA) is 70.8 Å². The minimum Gasteiger partial charge on any atom is -0.350 e. The Hall–Kier alpha value is -2.26. The van der Waals surface area contributed by atoms with Gasteiger partial charge in [0.2, 0.25) is 0 Å². The predicted octanol–water partition coefficient (Wildman–Crippen LogP) is 2.48. The highest BCUT2D eigenvalue weighted by Crippen LogP contribution is 2.18. The highest BCUT2D eigenvalue weighted by atomic mass is 16.1. The molecule has 0 amide bonds. The highest BCUT2D eigenvalue weighted by Gasteiger charge is 2.00. The van der Waals surface area contributed by atoms with Crippen molar-refractivity contribution in [3.8, 4) is 0 Å². The van der Waals surface area contributed by atoms with Crippen molar-refractivity contribution in [2.75, 3.05) is 0 Å². The van der Waals surface area contributed by atoms with Crippen LogP contribution in [0.4, 0.5) is 5.69 Å². The summed E-state index contributed by atoms with van der Waals surface area (Å²) in [6.07, 6.45) is 1.69. The second kappa shape index (κ2) is 3.48. The van der Waals surface area contributed by atoms with E-state index in [1.807, 2.05) is 11.6 Å². The lowest BCUT2D eigenvalue weighted by Crippen LogP contribution is -2.04. The number of rotatable bonds is 1. The third kappa shape index (κ3) is 1.56. The van der Waals surface area contributed by atoms with E-state index in [9.17, 15) is 4.79 Å². The molecule has 0 aliphatic heterocycles. The van der Waals surface area contributed by atoms with Crippen LogP contribution in [0.15, 0.2) is 40.4 Å². The van der Waals surface area contributed by atoms with E-state index in [0.29, 0.717) is 11.1 Å². The SMILES string of the molecule is Cn1ccc(=O)c2ccc(N=[N+]=[N-])cc21. The number of benzene rings is 1. The average molecular weight is 200 g/mol. The molecule has 0 N–H and O–H groups in total. The van der Waals surface area contributed by atoms with Crippen molar-refractivity contribution in [2.24, 2.45) is 12.2 Å². The van der Waals surface area contributed by atoms with Crippen LogP contribution in [0.1, 0.15) is 0 Å². The normalized spacial score (nSPS) is 9.93. The summed E-state index contributed by atoms with van der Waals surface area (Å²) in [5.74, 6) is 0. The molecule has 0 fully saturated rings. The van der Waals surface area contributed by atoms with Gasteiger partial charge in [-0.25, -0.2) is 0 Å². The molecule has 0 bridgehead atoms. The largest absolute Gasteiger partial charge is 0.350 e. The molecule has 0 spiro atoms. The maximum absolute atomic E-state index is 11.5. The smallest absolute Gasteiger partial charge is 0.189 e. The third-order valence-electron chi connectivity index (χ3n) is 2.24. The van der Waals surface area contributed by atoms with Crippen LogP contribution in [-0.2, 0) is 7.05 Å². The van der Waals surface area contributed by atoms with Crippen molar-refractivity contribution in [1.82, 2.24) is 4.57 Å². The van der Waals surface area contributed by atoms with Crippen LogP contribution in [0.2, 0.25) is 0 Å². The first-order chi connectivity index (χ1) is 7.22. The molecule has 1 heterocycles. The van der Waals surface area contributed by atoms with Crippen molar-refractivity contribution in [1.29, 1.82) is 0 Å². The number of aryl methyl sites for hydroxylation is 1. The van der Waals surface area contributed by atoms with Gasteiger partial charge in [0.25, 0.3) is 0 Å². The summed E-state index contributed by atoms with van der Waals surface area (Å²) in [4.78, 5) is 14.2. The maximum atomic E-state index is 11.5.